The van der Waals surface area contributed by atoms with Crippen LogP contribution in [0.4, 0.5) is 5.69 Å². The molecule has 0 fully saturated rings. The van der Waals surface area contributed by atoms with Crippen molar-refractivity contribution in [3.05, 3.63) is 89.4 Å². The number of benzene rings is 4. The highest BCUT2D eigenvalue weighted by Crippen LogP contribution is 2.39. The number of hydrogen-bond donors (Lipinski definition) is 2. The summed E-state index contributed by atoms with van der Waals surface area (Å²) in [5, 5.41) is 15.8. The normalized spacial score (nSPS) is 11.0. The van der Waals surface area contributed by atoms with E-state index >= 15 is 0 Å². The second-order valence-corrected chi connectivity index (χ2v) is 11.5. The average molecular weight is 602 g/mol. The Labute approximate surface area is 261 Å². The summed E-state index contributed by atoms with van der Waals surface area (Å²) in [5.74, 6) is 1.08. The number of carbonyl (C=O) groups is 1. The van der Waals surface area contributed by atoms with Crippen LogP contribution in [0.15, 0.2) is 78.9 Å². The second kappa shape index (κ2) is 17.4. The van der Waals surface area contributed by atoms with Crippen LogP contribution in [0, 0.1) is 0 Å². The predicted octanol–water partition coefficient (Wildman–Crippen LogP) is 11.3. The number of halogens is 1. The van der Waals surface area contributed by atoms with E-state index in [1.54, 1.807) is 42.5 Å². The molecule has 0 aliphatic heterocycles. The Hall–Kier alpha value is -3.70. The van der Waals surface area contributed by atoms with Gasteiger partial charge in [-0.3, -0.25) is 4.79 Å². The number of hydrogen-bond acceptors (Lipinski definition) is 4. The van der Waals surface area contributed by atoms with Gasteiger partial charge in [-0.15, -0.1) is 0 Å². The Bertz CT molecular complexity index is 1440. The van der Waals surface area contributed by atoms with Gasteiger partial charge in [-0.25, -0.2) is 0 Å². The zero-order chi connectivity index (χ0) is 30.3. The highest BCUT2D eigenvalue weighted by Gasteiger charge is 2.19. The summed E-state index contributed by atoms with van der Waals surface area (Å²) in [7, 11) is 0. The molecule has 0 unspecified atom stereocenters. The van der Waals surface area contributed by atoms with Gasteiger partial charge in [0.2, 0.25) is 0 Å². The smallest absolute Gasteiger partial charge is 0.259 e. The van der Waals surface area contributed by atoms with E-state index in [0.29, 0.717) is 45.3 Å². The van der Waals surface area contributed by atoms with Crippen molar-refractivity contribution in [1.82, 2.24) is 0 Å². The fraction of sp³-hybridized carbons (Fsp3) is 0.378. The van der Waals surface area contributed by atoms with Crippen molar-refractivity contribution in [2.75, 3.05) is 11.9 Å². The van der Waals surface area contributed by atoms with Crippen molar-refractivity contribution in [2.45, 2.75) is 84.0 Å². The molecule has 4 aromatic carbocycles. The summed E-state index contributed by atoms with van der Waals surface area (Å²) in [4.78, 5) is 13.5. The molecule has 5 nitrogen and oxygen atoms in total. The number of carbonyl (C=O) groups excluding carboxylic acids is 1. The lowest BCUT2D eigenvalue weighted by Crippen LogP contribution is -2.13. The van der Waals surface area contributed by atoms with Gasteiger partial charge < -0.3 is 19.9 Å². The average Bonchev–Trinajstić information content (AvgIpc) is 3.02. The number of para-hydroxylation sites is 2. The first-order valence-electron chi connectivity index (χ1n) is 15.8. The third-order valence-corrected chi connectivity index (χ3v) is 7.91. The molecular weight excluding hydrogens is 558 g/mol. The number of aromatic hydroxyl groups is 1. The lowest BCUT2D eigenvalue weighted by atomic mass is 10.0. The van der Waals surface area contributed by atoms with E-state index in [2.05, 4.69) is 12.2 Å². The maximum absolute atomic E-state index is 13.5. The molecule has 4 aromatic rings. The maximum atomic E-state index is 13.5. The number of rotatable bonds is 18. The SMILES string of the molecule is CCCCCCCCCCCCCCOc1ccccc1NC(=O)c1cc(Oc2ccc(Cl)cc2)c2ccccc2c1O. The molecule has 0 aromatic heterocycles. The van der Waals surface area contributed by atoms with Crippen molar-refractivity contribution in [1.29, 1.82) is 0 Å². The number of ether oxygens (including phenoxy) is 2. The number of phenolic OH excluding ortho intramolecular Hbond substituents is 1. The number of nitrogens with one attached hydrogen (secondary N) is 1. The molecule has 228 valence electrons. The van der Waals surface area contributed by atoms with Gasteiger partial charge in [-0.05, 0) is 48.9 Å². The molecule has 0 saturated heterocycles. The topological polar surface area (TPSA) is 67.8 Å². The van der Waals surface area contributed by atoms with Crippen LogP contribution in [0.1, 0.15) is 94.3 Å². The molecule has 0 aliphatic carbocycles. The van der Waals surface area contributed by atoms with Gasteiger partial charge in [0.15, 0.2) is 0 Å². The molecule has 0 atom stereocenters. The Morgan fingerprint density at radius 1 is 0.721 bits per heavy atom. The third kappa shape index (κ3) is 9.93. The minimum Gasteiger partial charge on any atom is -0.506 e. The molecule has 43 heavy (non-hydrogen) atoms. The zero-order valence-corrected chi connectivity index (χ0v) is 26.0. The van der Waals surface area contributed by atoms with E-state index in [9.17, 15) is 9.90 Å². The highest BCUT2D eigenvalue weighted by molar-refractivity contribution is 6.30. The Morgan fingerprint density at radius 3 is 1.98 bits per heavy atom. The third-order valence-electron chi connectivity index (χ3n) is 7.65. The largest absolute Gasteiger partial charge is 0.506 e. The molecule has 0 bridgehead atoms. The first-order valence-corrected chi connectivity index (χ1v) is 16.2. The van der Waals surface area contributed by atoms with Crippen LogP contribution in [0.3, 0.4) is 0 Å². The molecule has 0 saturated carbocycles. The second-order valence-electron chi connectivity index (χ2n) is 11.1. The maximum Gasteiger partial charge on any atom is 0.259 e. The highest BCUT2D eigenvalue weighted by atomic mass is 35.5. The summed E-state index contributed by atoms with van der Waals surface area (Å²) in [6.07, 6.45) is 15.5. The number of unbranched alkanes of at least 4 members (excludes halogenated alkanes) is 11. The van der Waals surface area contributed by atoms with Gasteiger partial charge in [0.05, 0.1) is 17.9 Å². The molecule has 0 heterocycles. The van der Waals surface area contributed by atoms with Gasteiger partial charge in [0.1, 0.15) is 23.0 Å². The first kappa shape index (κ1) is 32.2. The van der Waals surface area contributed by atoms with Gasteiger partial charge in [-0.2, -0.15) is 0 Å². The number of phenols is 1. The quantitative estimate of drug-likeness (QED) is 0.111. The Kier molecular flexibility index (Phi) is 13.1. The molecular formula is C37H44ClNO4. The molecule has 0 spiro atoms. The standard InChI is InChI=1S/C37H44ClNO4/c1-2-3-4-5-6-7-8-9-10-11-12-17-26-42-34-21-16-15-20-33(34)39-37(41)32-27-35(43-29-24-22-28(38)23-25-29)30-18-13-14-19-31(30)36(32)40/h13-16,18-25,27,40H,2-12,17,26H2,1H3,(H,39,41). The molecule has 2 N–H and O–H groups in total. The summed E-state index contributed by atoms with van der Waals surface area (Å²) >= 11 is 6.03. The van der Waals surface area contributed by atoms with Gasteiger partial charge >= 0.3 is 0 Å². The van der Waals surface area contributed by atoms with Crippen LogP contribution in [0.2, 0.25) is 5.02 Å². The Balaban J connectivity index is 1.31. The van der Waals surface area contributed by atoms with Crippen molar-refractivity contribution in [3.8, 4) is 23.0 Å². The van der Waals surface area contributed by atoms with Gasteiger partial charge in [0.25, 0.3) is 5.91 Å². The number of amides is 1. The molecule has 4 rings (SSSR count). The molecule has 0 radical (unpaired) electrons. The monoisotopic (exact) mass is 601 g/mol. The van der Waals surface area contributed by atoms with Crippen molar-refractivity contribution in [2.24, 2.45) is 0 Å². The lowest BCUT2D eigenvalue weighted by Gasteiger charge is -2.16. The van der Waals surface area contributed by atoms with E-state index in [4.69, 9.17) is 21.1 Å². The fourth-order valence-corrected chi connectivity index (χ4v) is 5.35. The first-order chi connectivity index (χ1) is 21.1. The van der Waals surface area contributed by atoms with E-state index in [1.165, 1.54) is 64.2 Å². The lowest BCUT2D eigenvalue weighted by molar-refractivity contribution is 0.102. The molecule has 1 amide bonds. The number of anilines is 1. The van der Waals surface area contributed by atoms with Gasteiger partial charge in [0, 0.05) is 15.8 Å². The zero-order valence-electron chi connectivity index (χ0n) is 25.2. The van der Waals surface area contributed by atoms with E-state index in [1.807, 2.05) is 36.4 Å². The summed E-state index contributed by atoms with van der Waals surface area (Å²) < 4.78 is 12.2. The van der Waals surface area contributed by atoms with Crippen molar-refractivity contribution < 1.29 is 19.4 Å². The van der Waals surface area contributed by atoms with Crippen LogP contribution in [-0.4, -0.2) is 17.6 Å². The summed E-state index contributed by atoms with van der Waals surface area (Å²) in [6, 6.07) is 23.2. The van der Waals surface area contributed by atoms with Crippen LogP contribution in [0.5, 0.6) is 23.0 Å². The number of fused-ring (bicyclic) bond motifs is 1. The minimum atomic E-state index is -0.453. The Morgan fingerprint density at radius 2 is 1.30 bits per heavy atom. The van der Waals surface area contributed by atoms with Crippen LogP contribution < -0.4 is 14.8 Å². The van der Waals surface area contributed by atoms with Gasteiger partial charge in [-0.1, -0.05) is 126 Å². The van der Waals surface area contributed by atoms with Crippen LogP contribution in [0.25, 0.3) is 10.8 Å². The summed E-state index contributed by atoms with van der Waals surface area (Å²) in [5.41, 5.74) is 0.664. The molecule has 0 aliphatic rings. The van der Waals surface area contributed by atoms with E-state index < -0.39 is 5.91 Å². The molecule has 6 heteroatoms. The summed E-state index contributed by atoms with van der Waals surface area (Å²) in [6.45, 7) is 2.85. The van der Waals surface area contributed by atoms with Crippen molar-refractivity contribution >= 4 is 34.0 Å². The van der Waals surface area contributed by atoms with Crippen LogP contribution >= 0.6 is 11.6 Å². The minimum absolute atomic E-state index is 0.105. The fourth-order valence-electron chi connectivity index (χ4n) is 5.22. The van der Waals surface area contributed by atoms with E-state index in [0.717, 1.165) is 12.8 Å². The van der Waals surface area contributed by atoms with Crippen molar-refractivity contribution in [3.63, 3.8) is 0 Å². The van der Waals surface area contributed by atoms with Crippen LogP contribution in [-0.2, 0) is 0 Å². The van der Waals surface area contributed by atoms with E-state index in [-0.39, 0.29) is 11.3 Å². The predicted molar refractivity (Wildman–Crippen MR) is 178 cm³/mol.